The monoisotopic (exact) mass is 337 g/mol. The van der Waals surface area contributed by atoms with Crippen molar-refractivity contribution < 1.29 is 13.3 Å². The molecule has 0 aliphatic heterocycles. The molecule has 0 N–H and O–H groups in total. The van der Waals surface area contributed by atoms with Gasteiger partial charge in [0.05, 0.1) is 0 Å². The van der Waals surface area contributed by atoms with Gasteiger partial charge in [0.1, 0.15) is 7.35 Å². The second kappa shape index (κ2) is 7.67. The van der Waals surface area contributed by atoms with Crippen LogP contribution in [0.25, 0.3) is 0 Å². The second-order valence-electron chi connectivity index (χ2n) is 6.20. The van der Waals surface area contributed by atoms with E-state index < -0.39 is 30.9 Å². The van der Waals surface area contributed by atoms with Gasteiger partial charge in [-0.15, -0.1) is 0 Å². The molecule has 0 rings (SSSR count). The lowest BCUT2D eigenvalue weighted by Gasteiger charge is -2.46. The second-order valence-corrected chi connectivity index (χ2v) is 36.7. The molecule has 0 saturated heterocycles. The molecule has 0 heterocycles. The van der Waals surface area contributed by atoms with Gasteiger partial charge in [0.25, 0.3) is 0 Å². The Bertz CT molecular complexity index is 227. The average Bonchev–Trinajstić information content (AvgIpc) is 2.14. The first-order valence-corrected chi connectivity index (χ1v) is 20.6. The van der Waals surface area contributed by atoms with Gasteiger partial charge < -0.3 is 13.3 Å². The predicted molar refractivity (Wildman–Crippen MR) is 93.1 cm³/mol. The fourth-order valence-corrected chi connectivity index (χ4v) is 69.1. The summed E-state index contributed by atoms with van der Waals surface area (Å²) >= 11 is 0. The molecular formula is C12H33O3Si4. The van der Waals surface area contributed by atoms with Crippen molar-refractivity contribution in [2.75, 3.05) is 19.8 Å². The van der Waals surface area contributed by atoms with Crippen LogP contribution >= 0.6 is 0 Å². The van der Waals surface area contributed by atoms with Crippen LogP contribution in [0.4, 0.5) is 0 Å². The molecule has 0 aromatic heterocycles. The van der Waals surface area contributed by atoms with Gasteiger partial charge in [0.2, 0.25) is 0 Å². The highest BCUT2D eigenvalue weighted by atomic mass is 29.9. The van der Waals surface area contributed by atoms with Crippen molar-refractivity contribution in [2.24, 2.45) is 0 Å². The number of hydrogen-bond donors (Lipinski definition) is 0. The maximum atomic E-state index is 6.25. The van der Waals surface area contributed by atoms with E-state index in [1.165, 1.54) is 0 Å². The number of hydrogen-bond acceptors (Lipinski definition) is 3. The summed E-state index contributed by atoms with van der Waals surface area (Å²) in [6.07, 6.45) is 0. The van der Waals surface area contributed by atoms with E-state index in [0.717, 1.165) is 19.8 Å². The molecule has 0 fully saturated rings. The Labute approximate surface area is 124 Å². The highest BCUT2D eigenvalue weighted by molar-refractivity contribution is 7.78. The van der Waals surface area contributed by atoms with Crippen LogP contribution in [0.3, 0.4) is 0 Å². The van der Waals surface area contributed by atoms with Crippen molar-refractivity contribution in [2.45, 2.75) is 60.1 Å². The minimum absolute atomic E-state index is 0.711. The van der Waals surface area contributed by atoms with Crippen LogP contribution in [-0.4, -0.2) is 50.7 Å². The molecule has 0 bridgehead atoms. The van der Waals surface area contributed by atoms with Crippen LogP contribution in [0, 0.1) is 0 Å². The van der Waals surface area contributed by atoms with Crippen molar-refractivity contribution in [1.82, 2.24) is 0 Å². The molecule has 0 amide bonds. The van der Waals surface area contributed by atoms with E-state index in [-0.39, 0.29) is 0 Å². The molecule has 3 nitrogen and oxygen atoms in total. The summed E-state index contributed by atoms with van der Waals surface area (Å²) in [6, 6.07) is 0. The molecule has 0 atom stereocenters. The Morgan fingerprint density at radius 3 is 0.947 bits per heavy atom. The summed E-state index contributed by atoms with van der Waals surface area (Å²) in [5, 5.41) is 0. The molecule has 0 aliphatic rings. The maximum Gasteiger partial charge on any atom is 0.172 e. The van der Waals surface area contributed by atoms with Gasteiger partial charge in [-0.2, -0.15) is 0 Å². The highest BCUT2D eigenvalue weighted by Gasteiger charge is 2.57. The zero-order valence-electron chi connectivity index (χ0n) is 14.3. The van der Waals surface area contributed by atoms with Gasteiger partial charge in [-0.25, -0.2) is 0 Å². The van der Waals surface area contributed by atoms with Crippen molar-refractivity contribution in [3.8, 4) is 0 Å². The highest BCUT2D eigenvalue weighted by Crippen LogP contribution is 2.28. The Morgan fingerprint density at radius 2 is 0.789 bits per heavy atom. The standard InChI is InChI=1S/C12H33O3Si4/c1-10-13-17(4,5)16(18(6,7)14-11-2)19(8,9)15-12-3/h10-12H2,1-9H3. The van der Waals surface area contributed by atoms with Gasteiger partial charge in [0.15, 0.2) is 23.5 Å². The minimum Gasteiger partial charge on any atom is -0.421 e. The van der Waals surface area contributed by atoms with Crippen LogP contribution in [0.2, 0.25) is 39.3 Å². The first-order chi connectivity index (χ1) is 8.55. The van der Waals surface area contributed by atoms with Crippen molar-refractivity contribution in [3.05, 3.63) is 0 Å². The average molecular weight is 338 g/mol. The van der Waals surface area contributed by atoms with E-state index >= 15 is 0 Å². The van der Waals surface area contributed by atoms with E-state index in [1.807, 2.05) is 0 Å². The van der Waals surface area contributed by atoms with Gasteiger partial charge >= 0.3 is 0 Å². The third-order valence-corrected chi connectivity index (χ3v) is 54.6. The molecule has 0 spiro atoms. The fraction of sp³-hybridized carbons (Fsp3) is 1.00. The lowest BCUT2D eigenvalue weighted by molar-refractivity contribution is 0.329. The van der Waals surface area contributed by atoms with Gasteiger partial charge in [-0.05, 0) is 60.1 Å². The molecule has 0 saturated carbocycles. The zero-order valence-corrected chi connectivity index (χ0v) is 18.3. The first-order valence-electron chi connectivity index (χ1n) is 7.35. The van der Waals surface area contributed by atoms with Crippen LogP contribution < -0.4 is 0 Å². The van der Waals surface area contributed by atoms with E-state index in [0.29, 0.717) is 0 Å². The van der Waals surface area contributed by atoms with Gasteiger partial charge in [0, 0.05) is 19.8 Å². The van der Waals surface area contributed by atoms with Crippen LogP contribution in [-0.2, 0) is 13.3 Å². The van der Waals surface area contributed by atoms with Crippen molar-refractivity contribution >= 4 is 30.9 Å². The summed E-state index contributed by atoms with van der Waals surface area (Å²) in [6.45, 7) is 23.1. The maximum absolute atomic E-state index is 6.25. The molecule has 7 heteroatoms. The molecule has 19 heavy (non-hydrogen) atoms. The smallest absolute Gasteiger partial charge is 0.172 e. The van der Waals surface area contributed by atoms with Gasteiger partial charge in [-0.1, -0.05) is 0 Å². The topological polar surface area (TPSA) is 27.7 Å². The molecule has 0 aliphatic carbocycles. The Morgan fingerprint density at radius 1 is 0.579 bits per heavy atom. The molecule has 0 unspecified atom stereocenters. The summed E-state index contributed by atoms with van der Waals surface area (Å²) in [5.41, 5.74) is 0. The van der Waals surface area contributed by atoms with E-state index in [1.54, 1.807) is 0 Å². The fourth-order valence-electron chi connectivity index (χ4n) is 3.47. The van der Waals surface area contributed by atoms with Crippen molar-refractivity contribution in [3.63, 3.8) is 0 Å². The largest absolute Gasteiger partial charge is 0.421 e. The minimum atomic E-state index is -1.70. The van der Waals surface area contributed by atoms with E-state index in [9.17, 15) is 0 Å². The van der Waals surface area contributed by atoms with Crippen LogP contribution in [0.5, 0.6) is 0 Å². The summed E-state index contributed by atoms with van der Waals surface area (Å²) < 4.78 is 18.8. The molecule has 0 aromatic rings. The van der Waals surface area contributed by atoms with E-state index in [4.69, 9.17) is 13.3 Å². The number of rotatable bonds is 9. The molecule has 1 radical (unpaired) electrons. The Balaban J connectivity index is 5.49. The van der Waals surface area contributed by atoms with Crippen LogP contribution in [0.15, 0.2) is 0 Å². The summed E-state index contributed by atoms with van der Waals surface area (Å²) in [4.78, 5) is 0. The lowest BCUT2D eigenvalue weighted by Crippen LogP contribution is -2.76. The van der Waals surface area contributed by atoms with E-state index in [2.05, 4.69) is 60.1 Å². The van der Waals surface area contributed by atoms with Crippen molar-refractivity contribution in [1.29, 1.82) is 0 Å². The van der Waals surface area contributed by atoms with Gasteiger partial charge in [-0.3, -0.25) is 0 Å². The molecule has 0 aromatic carbocycles. The predicted octanol–water partition coefficient (Wildman–Crippen LogP) is 3.44. The molecular weight excluding hydrogens is 304 g/mol. The first kappa shape index (κ1) is 19.7. The third-order valence-electron chi connectivity index (χ3n) is 3.32. The zero-order chi connectivity index (χ0) is 15.3. The SMILES string of the molecule is CCO[Si](C)(C)[Si]([Si](C)(C)OCC)[Si](C)(C)OCC. The molecule has 115 valence electrons. The summed E-state index contributed by atoms with van der Waals surface area (Å²) in [7, 11) is -5.82. The Kier molecular flexibility index (Phi) is 7.97. The quantitative estimate of drug-likeness (QED) is 0.603. The van der Waals surface area contributed by atoms with Crippen LogP contribution in [0.1, 0.15) is 20.8 Å². The lowest BCUT2D eigenvalue weighted by atomic mass is 10.9. The third kappa shape index (κ3) is 5.56. The normalized spacial score (nSPS) is 14.2. The summed E-state index contributed by atoms with van der Waals surface area (Å²) in [5.74, 6) is 0. The Hall–Kier alpha value is 0.748.